The molecule has 4 heteroatoms. The van der Waals surface area contributed by atoms with Gasteiger partial charge in [-0.05, 0) is 47.7 Å². The van der Waals surface area contributed by atoms with Gasteiger partial charge in [-0.3, -0.25) is 4.79 Å². The fraction of sp³-hybridized carbons (Fsp3) is 0.381. The molecule has 1 amide bonds. The van der Waals surface area contributed by atoms with E-state index in [2.05, 4.69) is 26.1 Å². The Kier molecular flexibility index (Phi) is 6.87. The smallest absolute Gasteiger partial charge is 0.258 e. The molecule has 4 nitrogen and oxygen atoms in total. The van der Waals surface area contributed by atoms with Crippen molar-refractivity contribution in [2.75, 3.05) is 13.7 Å². The summed E-state index contributed by atoms with van der Waals surface area (Å²) in [7, 11) is 1.64. The van der Waals surface area contributed by atoms with Crippen molar-refractivity contribution in [1.29, 1.82) is 0 Å². The van der Waals surface area contributed by atoms with E-state index in [1.54, 1.807) is 7.11 Å². The van der Waals surface area contributed by atoms with Crippen LogP contribution in [0.3, 0.4) is 0 Å². The van der Waals surface area contributed by atoms with Crippen LogP contribution in [0.25, 0.3) is 0 Å². The van der Waals surface area contributed by atoms with Gasteiger partial charge in [0.25, 0.3) is 5.91 Å². The molecule has 0 spiro atoms. The normalized spacial score (nSPS) is 11.9. The van der Waals surface area contributed by atoms with Crippen LogP contribution in [0.5, 0.6) is 11.5 Å². The molecular formula is C21H27NO3. The van der Waals surface area contributed by atoms with Gasteiger partial charge in [-0.15, -0.1) is 0 Å². The van der Waals surface area contributed by atoms with Crippen molar-refractivity contribution >= 4 is 5.91 Å². The Bertz CT molecular complexity index is 663. The lowest BCUT2D eigenvalue weighted by atomic mass is 9.96. The highest BCUT2D eigenvalue weighted by molar-refractivity contribution is 5.78. The first kappa shape index (κ1) is 18.8. The van der Waals surface area contributed by atoms with Crippen molar-refractivity contribution < 1.29 is 14.3 Å². The molecule has 0 fully saturated rings. The van der Waals surface area contributed by atoms with Gasteiger partial charge in [0, 0.05) is 0 Å². The Balaban J connectivity index is 1.94. The van der Waals surface area contributed by atoms with E-state index in [1.165, 1.54) is 5.56 Å². The van der Waals surface area contributed by atoms with Crippen LogP contribution >= 0.6 is 0 Å². The lowest BCUT2D eigenvalue weighted by molar-refractivity contribution is -0.124. The fourth-order valence-electron chi connectivity index (χ4n) is 2.63. The van der Waals surface area contributed by atoms with Gasteiger partial charge in [0.2, 0.25) is 0 Å². The highest BCUT2D eigenvalue weighted by Gasteiger charge is 2.18. The molecule has 2 aromatic rings. The monoisotopic (exact) mass is 341 g/mol. The second kappa shape index (κ2) is 9.11. The molecule has 1 atom stereocenters. The molecule has 0 bridgehead atoms. The van der Waals surface area contributed by atoms with Crippen LogP contribution in [0.15, 0.2) is 48.5 Å². The van der Waals surface area contributed by atoms with Crippen LogP contribution in [-0.4, -0.2) is 19.6 Å². The van der Waals surface area contributed by atoms with E-state index in [-0.39, 0.29) is 24.5 Å². The number of hydrogen-bond acceptors (Lipinski definition) is 3. The molecule has 1 unspecified atom stereocenters. The third kappa shape index (κ3) is 5.52. The van der Waals surface area contributed by atoms with Crippen molar-refractivity contribution in [3.63, 3.8) is 0 Å². The maximum absolute atomic E-state index is 12.3. The fourth-order valence-corrected chi connectivity index (χ4v) is 2.63. The van der Waals surface area contributed by atoms with Crippen molar-refractivity contribution in [2.24, 2.45) is 5.92 Å². The van der Waals surface area contributed by atoms with Crippen molar-refractivity contribution in [3.8, 4) is 11.5 Å². The van der Waals surface area contributed by atoms with E-state index in [4.69, 9.17) is 9.47 Å². The number of rotatable bonds is 8. The Labute approximate surface area is 150 Å². The van der Waals surface area contributed by atoms with E-state index in [1.807, 2.05) is 48.5 Å². The third-order valence-electron chi connectivity index (χ3n) is 4.16. The maximum Gasteiger partial charge on any atom is 0.258 e. The zero-order valence-corrected chi connectivity index (χ0v) is 15.4. The van der Waals surface area contributed by atoms with Crippen LogP contribution in [0.1, 0.15) is 37.9 Å². The van der Waals surface area contributed by atoms with Gasteiger partial charge in [-0.1, -0.05) is 45.0 Å². The summed E-state index contributed by atoms with van der Waals surface area (Å²) in [6, 6.07) is 15.5. The number of amides is 1. The second-order valence-corrected chi connectivity index (χ2v) is 6.35. The number of methoxy groups -OCH3 is 1. The van der Waals surface area contributed by atoms with Crippen molar-refractivity contribution in [2.45, 2.75) is 33.2 Å². The van der Waals surface area contributed by atoms with Crippen molar-refractivity contribution in [1.82, 2.24) is 5.32 Å². The summed E-state index contributed by atoms with van der Waals surface area (Å²) in [4.78, 5) is 12.3. The predicted octanol–water partition coefficient (Wildman–Crippen LogP) is 4.15. The summed E-state index contributed by atoms with van der Waals surface area (Å²) in [6.45, 7) is 6.28. The van der Waals surface area contributed by atoms with E-state index in [0.29, 0.717) is 5.75 Å². The molecule has 0 aliphatic rings. The van der Waals surface area contributed by atoms with Crippen LogP contribution in [0.4, 0.5) is 0 Å². The SMILES string of the molecule is CCc1ccc(OCC(=O)NC(c2ccc(OC)cc2)C(C)C)cc1. The molecule has 0 aromatic heterocycles. The van der Waals surface area contributed by atoms with E-state index < -0.39 is 0 Å². The predicted molar refractivity (Wildman–Crippen MR) is 100 cm³/mol. The molecular weight excluding hydrogens is 314 g/mol. The quantitative estimate of drug-likeness (QED) is 0.784. The lowest BCUT2D eigenvalue weighted by Gasteiger charge is -2.23. The number of nitrogens with one attached hydrogen (secondary N) is 1. The maximum atomic E-state index is 12.3. The molecule has 2 aromatic carbocycles. The topological polar surface area (TPSA) is 47.6 Å². The summed E-state index contributed by atoms with van der Waals surface area (Å²) in [5, 5.41) is 3.06. The van der Waals surface area contributed by atoms with Gasteiger partial charge in [0.05, 0.1) is 13.2 Å². The number of ether oxygens (including phenoxy) is 2. The van der Waals surface area contributed by atoms with Crippen LogP contribution in [0.2, 0.25) is 0 Å². The van der Waals surface area contributed by atoms with E-state index in [9.17, 15) is 4.79 Å². The van der Waals surface area contributed by atoms with Gasteiger partial charge in [0.1, 0.15) is 11.5 Å². The highest BCUT2D eigenvalue weighted by Crippen LogP contribution is 2.24. The summed E-state index contributed by atoms with van der Waals surface area (Å²) < 4.78 is 10.8. The van der Waals surface area contributed by atoms with Gasteiger partial charge in [-0.25, -0.2) is 0 Å². The number of benzene rings is 2. The van der Waals surface area contributed by atoms with E-state index in [0.717, 1.165) is 17.7 Å². The van der Waals surface area contributed by atoms with E-state index >= 15 is 0 Å². The first-order chi connectivity index (χ1) is 12.0. The largest absolute Gasteiger partial charge is 0.497 e. The Morgan fingerprint density at radius 3 is 2.12 bits per heavy atom. The van der Waals surface area contributed by atoms with Crippen molar-refractivity contribution in [3.05, 3.63) is 59.7 Å². The first-order valence-corrected chi connectivity index (χ1v) is 8.68. The Hall–Kier alpha value is -2.49. The molecule has 1 N–H and O–H groups in total. The molecule has 2 rings (SSSR count). The number of aryl methyl sites for hydroxylation is 1. The summed E-state index contributed by atoms with van der Waals surface area (Å²) in [5.74, 6) is 1.64. The van der Waals surface area contributed by atoms with Crippen LogP contribution in [-0.2, 0) is 11.2 Å². The minimum absolute atomic E-state index is 0.00481. The van der Waals surface area contributed by atoms with Crippen LogP contribution < -0.4 is 14.8 Å². The zero-order chi connectivity index (χ0) is 18.2. The minimum Gasteiger partial charge on any atom is -0.497 e. The molecule has 0 aliphatic heterocycles. The molecule has 0 saturated carbocycles. The van der Waals surface area contributed by atoms with Gasteiger partial charge in [-0.2, -0.15) is 0 Å². The summed E-state index contributed by atoms with van der Waals surface area (Å²) in [5.41, 5.74) is 2.30. The minimum atomic E-state index is -0.130. The van der Waals surface area contributed by atoms with Gasteiger partial charge >= 0.3 is 0 Å². The summed E-state index contributed by atoms with van der Waals surface area (Å²) in [6.07, 6.45) is 0.985. The number of carbonyl (C=O) groups excluding carboxylic acids is 1. The zero-order valence-electron chi connectivity index (χ0n) is 15.4. The van der Waals surface area contributed by atoms with Gasteiger partial charge in [0.15, 0.2) is 6.61 Å². The molecule has 134 valence electrons. The lowest BCUT2D eigenvalue weighted by Crippen LogP contribution is -2.35. The first-order valence-electron chi connectivity index (χ1n) is 8.68. The Morgan fingerprint density at radius 2 is 1.60 bits per heavy atom. The molecule has 0 saturated heterocycles. The molecule has 25 heavy (non-hydrogen) atoms. The Morgan fingerprint density at radius 1 is 1.00 bits per heavy atom. The summed E-state index contributed by atoms with van der Waals surface area (Å²) >= 11 is 0. The molecule has 0 aliphatic carbocycles. The third-order valence-corrected chi connectivity index (χ3v) is 4.16. The average molecular weight is 341 g/mol. The number of hydrogen-bond donors (Lipinski definition) is 1. The highest BCUT2D eigenvalue weighted by atomic mass is 16.5. The average Bonchev–Trinajstić information content (AvgIpc) is 2.64. The number of carbonyl (C=O) groups is 1. The van der Waals surface area contributed by atoms with Crippen LogP contribution in [0, 0.1) is 5.92 Å². The second-order valence-electron chi connectivity index (χ2n) is 6.35. The molecule has 0 heterocycles. The van der Waals surface area contributed by atoms with Gasteiger partial charge < -0.3 is 14.8 Å². The standard InChI is InChI=1S/C21H27NO3/c1-5-16-6-10-19(11-7-16)25-14-20(23)22-21(15(2)3)17-8-12-18(24-4)13-9-17/h6-13,15,21H,5,14H2,1-4H3,(H,22,23). The molecule has 0 radical (unpaired) electrons.